The van der Waals surface area contributed by atoms with Crippen LogP contribution in [0.3, 0.4) is 0 Å². The molecule has 2 nitrogen and oxygen atoms in total. The van der Waals surface area contributed by atoms with Crippen molar-refractivity contribution in [2.24, 2.45) is 0 Å². The summed E-state index contributed by atoms with van der Waals surface area (Å²) in [6, 6.07) is 19.7. The van der Waals surface area contributed by atoms with Crippen LogP contribution in [0.25, 0.3) is 0 Å². The Hall–Kier alpha value is -1.00. The summed E-state index contributed by atoms with van der Waals surface area (Å²) >= 11 is 6.69. The number of hydrogen-bond donors (Lipinski definition) is 0. The molecule has 0 aliphatic heterocycles. The molecule has 0 saturated carbocycles. The molecule has 22 heavy (non-hydrogen) atoms. The van der Waals surface area contributed by atoms with E-state index in [9.17, 15) is 0 Å². The average molecular weight is 430 g/mol. The smallest absolute Gasteiger partial charge is 0.119 e. The maximum Gasteiger partial charge on any atom is 0.119 e. The third-order valence-electron chi connectivity index (χ3n) is 2.58. The fraction of sp³-hybridized carbons (Fsp3) is 0.333. The Morgan fingerprint density at radius 1 is 0.591 bits per heavy atom. The standard InChI is InChI=1S/2C9H11BrO/c2*10-7-4-8-11-9-5-2-1-3-6-9/h2*1-3,5-6H,4,7-8H2. The van der Waals surface area contributed by atoms with Gasteiger partial charge in [-0.1, -0.05) is 68.3 Å². The summed E-state index contributed by atoms with van der Waals surface area (Å²) in [5.41, 5.74) is 0. The lowest BCUT2D eigenvalue weighted by molar-refractivity contribution is 0.319. The van der Waals surface area contributed by atoms with Crippen LogP contribution in [0.4, 0.5) is 0 Å². The summed E-state index contributed by atoms with van der Waals surface area (Å²) in [7, 11) is 0. The van der Waals surface area contributed by atoms with Gasteiger partial charge in [0, 0.05) is 10.7 Å². The van der Waals surface area contributed by atoms with E-state index in [0.29, 0.717) is 0 Å². The highest BCUT2D eigenvalue weighted by atomic mass is 79.9. The molecule has 0 aromatic heterocycles. The molecule has 0 bridgehead atoms. The highest BCUT2D eigenvalue weighted by molar-refractivity contribution is 9.09. The Morgan fingerprint density at radius 3 is 1.27 bits per heavy atom. The van der Waals surface area contributed by atoms with Crippen LogP contribution < -0.4 is 9.47 Å². The summed E-state index contributed by atoms with van der Waals surface area (Å²) in [4.78, 5) is 0. The van der Waals surface area contributed by atoms with Gasteiger partial charge in [0.25, 0.3) is 0 Å². The molecule has 120 valence electrons. The van der Waals surface area contributed by atoms with Crippen molar-refractivity contribution < 1.29 is 9.47 Å². The monoisotopic (exact) mass is 428 g/mol. The van der Waals surface area contributed by atoms with Gasteiger partial charge >= 0.3 is 0 Å². The minimum Gasteiger partial charge on any atom is -0.494 e. The van der Waals surface area contributed by atoms with Crippen LogP contribution in [-0.4, -0.2) is 23.9 Å². The minimum atomic E-state index is 0.787. The Balaban J connectivity index is 0.000000220. The van der Waals surface area contributed by atoms with Gasteiger partial charge in [-0.05, 0) is 37.1 Å². The number of ether oxygens (including phenoxy) is 2. The normalized spacial score (nSPS) is 9.55. The second-order valence-corrected chi connectivity index (χ2v) is 5.99. The van der Waals surface area contributed by atoms with Crippen molar-refractivity contribution in [1.29, 1.82) is 0 Å². The number of halogens is 2. The van der Waals surface area contributed by atoms with E-state index in [0.717, 1.165) is 48.2 Å². The zero-order valence-corrected chi connectivity index (χ0v) is 15.8. The van der Waals surface area contributed by atoms with Gasteiger partial charge in [0.2, 0.25) is 0 Å². The second kappa shape index (κ2) is 13.6. The van der Waals surface area contributed by atoms with E-state index in [1.54, 1.807) is 0 Å². The lowest BCUT2D eigenvalue weighted by Gasteiger charge is -2.02. The van der Waals surface area contributed by atoms with Crippen molar-refractivity contribution in [3.63, 3.8) is 0 Å². The summed E-state index contributed by atoms with van der Waals surface area (Å²) in [6.45, 7) is 1.57. The van der Waals surface area contributed by atoms with Gasteiger partial charge in [-0.3, -0.25) is 0 Å². The first-order valence-corrected chi connectivity index (χ1v) is 9.58. The number of para-hydroxylation sites is 2. The van der Waals surface area contributed by atoms with Crippen LogP contribution >= 0.6 is 31.9 Å². The van der Waals surface area contributed by atoms with E-state index in [2.05, 4.69) is 31.9 Å². The molecule has 0 unspecified atom stereocenters. The van der Waals surface area contributed by atoms with Crippen LogP contribution in [-0.2, 0) is 0 Å². The predicted molar refractivity (Wildman–Crippen MR) is 101 cm³/mol. The lowest BCUT2D eigenvalue weighted by Crippen LogP contribution is -1.96. The number of alkyl halides is 2. The maximum atomic E-state index is 5.42. The number of hydrogen-bond acceptors (Lipinski definition) is 2. The fourth-order valence-corrected chi connectivity index (χ4v) is 1.98. The highest BCUT2D eigenvalue weighted by Crippen LogP contribution is 2.09. The molecule has 4 heteroatoms. The van der Waals surface area contributed by atoms with Crippen molar-refractivity contribution >= 4 is 31.9 Å². The third-order valence-corrected chi connectivity index (χ3v) is 3.70. The van der Waals surface area contributed by atoms with E-state index in [-0.39, 0.29) is 0 Å². The molecule has 0 amide bonds. The molecule has 0 fully saturated rings. The Morgan fingerprint density at radius 2 is 0.955 bits per heavy atom. The summed E-state index contributed by atoms with van der Waals surface area (Å²) in [6.07, 6.45) is 2.10. The van der Waals surface area contributed by atoms with Gasteiger partial charge in [0.15, 0.2) is 0 Å². The van der Waals surface area contributed by atoms with Crippen LogP contribution in [0.2, 0.25) is 0 Å². The van der Waals surface area contributed by atoms with Gasteiger partial charge in [-0.15, -0.1) is 0 Å². The number of rotatable bonds is 8. The van der Waals surface area contributed by atoms with Gasteiger partial charge in [-0.25, -0.2) is 0 Å². The SMILES string of the molecule is BrCCCOc1ccccc1.BrCCCOc1ccccc1. The van der Waals surface area contributed by atoms with Gasteiger partial charge in [-0.2, -0.15) is 0 Å². The lowest BCUT2D eigenvalue weighted by atomic mass is 10.3. The zero-order chi connectivity index (χ0) is 15.9. The molecular weight excluding hydrogens is 408 g/mol. The third kappa shape index (κ3) is 9.85. The van der Waals surface area contributed by atoms with E-state index in [1.807, 2.05) is 60.7 Å². The topological polar surface area (TPSA) is 18.5 Å². The molecule has 2 aromatic rings. The van der Waals surface area contributed by atoms with Crippen molar-refractivity contribution in [2.75, 3.05) is 23.9 Å². The second-order valence-electron chi connectivity index (χ2n) is 4.41. The summed E-state index contributed by atoms with van der Waals surface area (Å²) in [5, 5.41) is 2.00. The maximum absolute atomic E-state index is 5.42. The van der Waals surface area contributed by atoms with Gasteiger partial charge in [0.1, 0.15) is 11.5 Å². The average Bonchev–Trinajstić information content (AvgIpc) is 2.58. The largest absolute Gasteiger partial charge is 0.494 e. The van der Waals surface area contributed by atoms with Crippen molar-refractivity contribution in [3.05, 3.63) is 60.7 Å². The van der Waals surface area contributed by atoms with Crippen molar-refractivity contribution in [1.82, 2.24) is 0 Å². The van der Waals surface area contributed by atoms with Crippen molar-refractivity contribution in [2.45, 2.75) is 12.8 Å². The molecule has 0 aliphatic carbocycles. The molecule has 0 aliphatic rings. The molecular formula is C18H22Br2O2. The van der Waals surface area contributed by atoms with Crippen molar-refractivity contribution in [3.8, 4) is 11.5 Å². The van der Waals surface area contributed by atoms with E-state index >= 15 is 0 Å². The molecule has 2 aromatic carbocycles. The first-order valence-electron chi connectivity index (χ1n) is 7.34. The highest BCUT2D eigenvalue weighted by Gasteiger charge is 1.89. The molecule has 0 atom stereocenters. The first-order chi connectivity index (χ1) is 10.9. The quantitative estimate of drug-likeness (QED) is 0.395. The Labute approximate surface area is 150 Å². The summed E-state index contributed by atoms with van der Waals surface area (Å²) < 4.78 is 10.8. The first kappa shape index (κ1) is 19.0. The zero-order valence-electron chi connectivity index (χ0n) is 12.6. The molecule has 0 saturated heterocycles. The van der Waals surface area contributed by atoms with E-state index in [4.69, 9.17) is 9.47 Å². The van der Waals surface area contributed by atoms with Crippen LogP contribution in [0.15, 0.2) is 60.7 Å². The van der Waals surface area contributed by atoms with E-state index < -0.39 is 0 Å². The van der Waals surface area contributed by atoms with Crippen LogP contribution in [0.1, 0.15) is 12.8 Å². The van der Waals surface area contributed by atoms with Crippen LogP contribution in [0.5, 0.6) is 11.5 Å². The van der Waals surface area contributed by atoms with Gasteiger partial charge < -0.3 is 9.47 Å². The number of benzene rings is 2. The molecule has 2 rings (SSSR count). The van der Waals surface area contributed by atoms with Gasteiger partial charge in [0.05, 0.1) is 13.2 Å². The molecule has 0 spiro atoms. The summed E-state index contributed by atoms with van der Waals surface area (Å²) in [5.74, 6) is 1.90. The molecule has 0 radical (unpaired) electrons. The molecule has 0 heterocycles. The predicted octanol–water partition coefficient (Wildman–Crippen LogP) is 5.70. The fourth-order valence-electron chi connectivity index (χ4n) is 1.52. The van der Waals surface area contributed by atoms with E-state index in [1.165, 1.54) is 0 Å². The minimum absolute atomic E-state index is 0.787. The Kier molecular flexibility index (Phi) is 11.8. The molecule has 0 N–H and O–H groups in total. The van der Waals surface area contributed by atoms with Crippen LogP contribution in [0, 0.1) is 0 Å². The Bertz CT molecular complexity index is 418.